The molecule has 0 aliphatic heterocycles. The SMILES string of the molecule is CC(C)(O)C(=O)Nc1cc(Cl)c(Cl)cc1Cl. The normalized spacial score (nSPS) is 11.4. The first kappa shape index (κ1) is 13.6. The highest BCUT2D eigenvalue weighted by atomic mass is 35.5. The molecule has 1 rings (SSSR count). The highest BCUT2D eigenvalue weighted by molar-refractivity contribution is 6.44. The molecule has 3 nitrogen and oxygen atoms in total. The molecule has 1 aromatic carbocycles. The van der Waals surface area contributed by atoms with Gasteiger partial charge < -0.3 is 10.4 Å². The first-order valence-corrected chi connectivity index (χ1v) is 5.53. The van der Waals surface area contributed by atoms with E-state index in [-0.39, 0.29) is 10.0 Å². The standard InChI is InChI=1S/C10H10Cl3NO2/c1-10(2,16)9(15)14-8-4-6(12)5(11)3-7(8)13/h3-4,16H,1-2H3,(H,14,15). The van der Waals surface area contributed by atoms with Crippen molar-refractivity contribution in [1.29, 1.82) is 0 Å². The van der Waals surface area contributed by atoms with E-state index < -0.39 is 11.5 Å². The van der Waals surface area contributed by atoms with Crippen molar-refractivity contribution < 1.29 is 9.90 Å². The van der Waals surface area contributed by atoms with Crippen molar-refractivity contribution in [1.82, 2.24) is 0 Å². The van der Waals surface area contributed by atoms with Crippen LogP contribution < -0.4 is 5.32 Å². The number of carbonyl (C=O) groups excluding carboxylic acids is 1. The van der Waals surface area contributed by atoms with E-state index >= 15 is 0 Å². The quantitative estimate of drug-likeness (QED) is 0.817. The first-order valence-electron chi connectivity index (χ1n) is 4.40. The predicted molar refractivity (Wildman–Crippen MR) is 66.4 cm³/mol. The number of amides is 1. The van der Waals surface area contributed by atoms with Gasteiger partial charge in [0, 0.05) is 0 Å². The van der Waals surface area contributed by atoms with E-state index in [0.717, 1.165) is 0 Å². The molecule has 0 aliphatic rings. The predicted octanol–water partition coefficient (Wildman–Crippen LogP) is 3.36. The minimum atomic E-state index is -1.49. The van der Waals surface area contributed by atoms with Crippen LogP contribution >= 0.6 is 34.8 Å². The van der Waals surface area contributed by atoms with Crippen LogP contribution in [0, 0.1) is 0 Å². The molecule has 0 fully saturated rings. The number of benzene rings is 1. The summed E-state index contributed by atoms with van der Waals surface area (Å²) in [6.45, 7) is 2.74. The van der Waals surface area contributed by atoms with Gasteiger partial charge in [-0.15, -0.1) is 0 Å². The zero-order valence-electron chi connectivity index (χ0n) is 8.64. The zero-order chi connectivity index (χ0) is 12.5. The van der Waals surface area contributed by atoms with E-state index in [1.807, 2.05) is 0 Å². The lowest BCUT2D eigenvalue weighted by Crippen LogP contribution is -2.36. The molecule has 0 saturated heterocycles. The van der Waals surface area contributed by atoms with Crippen LogP contribution in [0.2, 0.25) is 15.1 Å². The maximum Gasteiger partial charge on any atom is 0.255 e. The summed E-state index contributed by atoms with van der Waals surface area (Å²) in [5.41, 5.74) is -1.18. The largest absolute Gasteiger partial charge is 0.381 e. The van der Waals surface area contributed by atoms with Gasteiger partial charge in [-0.3, -0.25) is 4.79 Å². The molecule has 0 saturated carbocycles. The van der Waals surface area contributed by atoms with Crippen LogP contribution in [-0.2, 0) is 4.79 Å². The molecule has 0 heterocycles. The van der Waals surface area contributed by atoms with Gasteiger partial charge in [0.1, 0.15) is 5.60 Å². The molecule has 0 unspecified atom stereocenters. The van der Waals surface area contributed by atoms with Crippen molar-refractivity contribution in [3.8, 4) is 0 Å². The van der Waals surface area contributed by atoms with Gasteiger partial charge in [-0.1, -0.05) is 34.8 Å². The van der Waals surface area contributed by atoms with Crippen LogP contribution in [0.5, 0.6) is 0 Å². The molecule has 0 spiro atoms. The van der Waals surface area contributed by atoms with E-state index in [4.69, 9.17) is 34.8 Å². The molecule has 0 bridgehead atoms. The topological polar surface area (TPSA) is 49.3 Å². The Morgan fingerprint density at radius 3 is 2.19 bits per heavy atom. The lowest BCUT2D eigenvalue weighted by molar-refractivity contribution is -0.130. The van der Waals surface area contributed by atoms with E-state index in [2.05, 4.69) is 5.32 Å². The van der Waals surface area contributed by atoms with E-state index in [1.165, 1.54) is 26.0 Å². The number of rotatable bonds is 2. The summed E-state index contributed by atoms with van der Waals surface area (Å²) in [7, 11) is 0. The van der Waals surface area contributed by atoms with Crippen molar-refractivity contribution in [2.75, 3.05) is 5.32 Å². The number of nitrogens with one attached hydrogen (secondary N) is 1. The van der Waals surface area contributed by atoms with Crippen LogP contribution in [0.3, 0.4) is 0 Å². The minimum absolute atomic E-state index is 0.256. The first-order chi connectivity index (χ1) is 7.21. The molecule has 6 heteroatoms. The lowest BCUT2D eigenvalue weighted by atomic mass is 10.1. The summed E-state index contributed by atoms with van der Waals surface area (Å²) in [4.78, 5) is 11.5. The molecule has 1 amide bonds. The number of aliphatic hydroxyl groups is 1. The fraction of sp³-hybridized carbons (Fsp3) is 0.300. The fourth-order valence-corrected chi connectivity index (χ4v) is 1.49. The average Bonchev–Trinajstić information content (AvgIpc) is 2.12. The van der Waals surface area contributed by atoms with Gasteiger partial charge in [0.15, 0.2) is 0 Å². The number of anilines is 1. The summed E-state index contributed by atoms with van der Waals surface area (Å²) in [5.74, 6) is -0.576. The van der Waals surface area contributed by atoms with Crippen LogP contribution in [0.15, 0.2) is 12.1 Å². The number of hydrogen-bond acceptors (Lipinski definition) is 2. The second-order valence-electron chi connectivity index (χ2n) is 3.76. The highest BCUT2D eigenvalue weighted by Crippen LogP contribution is 2.32. The van der Waals surface area contributed by atoms with Gasteiger partial charge in [-0.05, 0) is 26.0 Å². The van der Waals surface area contributed by atoms with Crippen LogP contribution in [-0.4, -0.2) is 16.6 Å². The maximum atomic E-state index is 11.5. The summed E-state index contributed by atoms with van der Waals surface area (Å²) >= 11 is 17.4. The monoisotopic (exact) mass is 281 g/mol. The molecular weight excluding hydrogens is 272 g/mol. The minimum Gasteiger partial charge on any atom is -0.381 e. The number of carbonyl (C=O) groups is 1. The van der Waals surface area contributed by atoms with Crippen LogP contribution in [0.1, 0.15) is 13.8 Å². The molecule has 0 aromatic heterocycles. The summed E-state index contributed by atoms with van der Waals surface area (Å²) in [6, 6.07) is 2.85. The Morgan fingerprint density at radius 2 is 1.69 bits per heavy atom. The van der Waals surface area contributed by atoms with E-state index in [0.29, 0.717) is 10.7 Å². The Labute approximate surface area is 108 Å². The average molecular weight is 283 g/mol. The van der Waals surface area contributed by atoms with Gasteiger partial charge in [0.2, 0.25) is 0 Å². The van der Waals surface area contributed by atoms with Gasteiger partial charge in [-0.2, -0.15) is 0 Å². The van der Waals surface area contributed by atoms with Gasteiger partial charge in [0.05, 0.1) is 20.8 Å². The van der Waals surface area contributed by atoms with Crippen molar-refractivity contribution in [3.05, 3.63) is 27.2 Å². The molecule has 0 atom stereocenters. The third-order valence-electron chi connectivity index (χ3n) is 1.81. The fourth-order valence-electron chi connectivity index (χ4n) is 0.894. The maximum absolute atomic E-state index is 11.5. The second-order valence-corrected chi connectivity index (χ2v) is 4.98. The van der Waals surface area contributed by atoms with Crippen molar-refractivity contribution in [3.63, 3.8) is 0 Å². The summed E-state index contributed by atoms with van der Waals surface area (Å²) < 4.78 is 0. The molecule has 16 heavy (non-hydrogen) atoms. The molecular formula is C10H10Cl3NO2. The number of hydrogen-bond donors (Lipinski definition) is 2. The summed E-state index contributed by atoms with van der Waals surface area (Å²) in [6.07, 6.45) is 0. The third-order valence-corrected chi connectivity index (χ3v) is 2.85. The Balaban J connectivity index is 2.99. The molecule has 1 aromatic rings. The Hall–Kier alpha value is -0.480. The van der Waals surface area contributed by atoms with Crippen LogP contribution in [0.4, 0.5) is 5.69 Å². The van der Waals surface area contributed by atoms with Crippen molar-refractivity contribution >= 4 is 46.4 Å². The Morgan fingerprint density at radius 1 is 1.19 bits per heavy atom. The lowest BCUT2D eigenvalue weighted by Gasteiger charge is -2.17. The van der Waals surface area contributed by atoms with Gasteiger partial charge in [-0.25, -0.2) is 0 Å². The number of halogens is 3. The van der Waals surface area contributed by atoms with E-state index in [9.17, 15) is 9.90 Å². The second kappa shape index (κ2) is 4.80. The zero-order valence-corrected chi connectivity index (χ0v) is 10.9. The van der Waals surface area contributed by atoms with Gasteiger partial charge >= 0.3 is 0 Å². The smallest absolute Gasteiger partial charge is 0.255 e. The van der Waals surface area contributed by atoms with Crippen LogP contribution in [0.25, 0.3) is 0 Å². The Kier molecular flexibility index (Phi) is 4.07. The molecule has 0 aliphatic carbocycles. The molecule has 88 valence electrons. The van der Waals surface area contributed by atoms with Crippen molar-refractivity contribution in [2.45, 2.75) is 19.4 Å². The molecule has 0 radical (unpaired) electrons. The molecule has 2 N–H and O–H groups in total. The van der Waals surface area contributed by atoms with Gasteiger partial charge in [0.25, 0.3) is 5.91 Å². The third kappa shape index (κ3) is 3.25. The highest BCUT2D eigenvalue weighted by Gasteiger charge is 2.24. The Bertz CT molecular complexity index is 427. The van der Waals surface area contributed by atoms with Crippen molar-refractivity contribution in [2.24, 2.45) is 0 Å². The summed E-state index contributed by atoms with van der Waals surface area (Å²) in [5, 5.41) is 12.7. The van der Waals surface area contributed by atoms with E-state index in [1.54, 1.807) is 0 Å².